The van der Waals surface area contributed by atoms with Crippen LogP contribution in [0.3, 0.4) is 0 Å². The van der Waals surface area contributed by atoms with Gasteiger partial charge in [0.1, 0.15) is 0 Å². The van der Waals surface area contributed by atoms with E-state index >= 15 is 0 Å². The largest absolute Gasteiger partial charge is 0.356 e. The van der Waals surface area contributed by atoms with Crippen molar-refractivity contribution in [3.8, 4) is 0 Å². The maximum atomic E-state index is 11.9. The van der Waals surface area contributed by atoms with E-state index in [1.54, 1.807) is 0 Å². The summed E-state index contributed by atoms with van der Waals surface area (Å²) in [5.74, 6) is 0.935. The fraction of sp³-hybridized carbons (Fsp3) is 0.938. The van der Waals surface area contributed by atoms with Crippen LogP contribution >= 0.6 is 0 Å². The third-order valence-electron chi connectivity index (χ3n) is 4.87. The lowest BCUT2D eigenvalue weighted by atomic mass is 9.96. The molecule has 0 radical (unpaired) electrons. The second-order valence-electron chi connectivity index (χ2n) is 6.37. The molecular formula is C16H31N3O. The molecule has 0 bridgehead atoms. The number of piperidine rings is 2. The lowest BCUT2D eigenvalue weighted by Gasteiger charge is -2.31. The van der Waals surface area contributed by atoms with Crippen LogP contribution in [0.5, 0.6) is 0 Å². The predicted octanol–water partition coefficient (Wildman–Crippen LogP) is 1.76. The second kappa shape index (κ2) is 8.63. The van der Waals surface area contributed by atoms with Crippen molar-refractivity contribution in [1.82, 2.24) is 15.5 Å². The Balaban J connectivity index is 1.53. The molecule has 2 rings (SSSR count). The summed E-state index contributed by atoms with van der Waals surface area (Å²) in [5.41, 5.74) is 0. The summed E-state index contributed by atoms with van der Waals surface area (Å²) in [7, 11) is 0. The molecule has 2 fully saturated rings. The van der Waals surface area contributed by atoms with Crippen LogP contribution in [0, 0.1) is 5.92 Å². The van der Waals surface area contributed by atoms with Gasteiger partial charge in [-0.05, 0) is 64.2 Å². The van der Waals surface area contributed by atoms with Crippen molar-refractivity contribution in [3.63, 3.8) is 0 Å². The van der Waals surface area contributed by atoms with E-state index < -0.39 is 0 Å². The van der Waals surface area contributed by atoms with Gasteiger partial charge in [0, 0.05) is 19.0 Å². The van der Waals surface area contributed by atoms with Crippen LogP contribution in [0.2, 0.25) is 0 Å². The number of likely N-dealkylation sites (tertiary alicyclic amines) is 1. The average molecular weight is 281 g/mol. The minimum atomic E-state index is 0.246. The molecule has 4 heteroatoms. The molecule has 0 aromatic rings. The third-order valence-corrected chi connectivity index (χ3v) is 4.87. The number of nitrogens with zero attached hydrogens (tertiary/aromatic N) is 1. The molecule has 1 unspecified atom stereocenters. The first-order chi connectivity index (χ1) is 9.78. The minimum absolute atomic E-state index is 0.246. The first-order valence-corrected chi connectivity index (χ1v) is 8.50. The van der Waals surface area contributed by atoms with Crippen LogP contribution in [-0.2, 0) is 4.79 Å². The minimum Gasteiger partial charge on any atom is -0.356 e. The van der Waals surface area contributed by atoms with Crippen molar-refractivity contribution >= 4 is 5.91 Å². The first-order valence-electron chi connectivity index (χ1n) is 8.50. The van der Waals surface area contributed by atoms with Gasteiger partial charge in [0.15, 0.2) is 0 Å². The van der Waals surface area contributed by atoms with Gasteiger partial charge >= 0.3 is 0 Å². The maximum Gasteiger partial charge on any atom is 0.220 e. The second-order valence-corrected chi connectivity index (χ2v) is 6.37. The summed E-state index contributed by atoms with van der Waals surface area (Å²) < 4.78 is 0. The molecule has 2 aliphatic rings. The van der Waals surface area contributed by atoms with E-state index in [1.165, 1.54) is 45.2 Å². The molecule has 0 saturated carbocycles. The molecule has 0 aromatic heterocycles. The molecule has 20 heavy (non-hydrogen) atoms. The highest BCUT2D eigenvalue weighted by Gasteiger charge is 2.19. The van der Waals surface area contributed by atoms with Gasteiger partial charge in [0.2, 0.25) is 5.91 Å². The van der Waals surface area contributed by atoms with Crippen LogP contribution in [-0.4, -0.2) is 49.6 Å². The average Bonchev–Trinajstić information content (AvgIpc) is 2.52. The fourth-order valence-corrected chi connectivity index (χ4v) is 3.33. The maximum absolute atomic E-state index is 11.9. The summed E-state index contributed by atoms with van der Waals surface area (Å²) in [4.78, 5) is 14.4. The molecule has 0 aliphatic carbocycles. The van der Waals surface area contributed by atoms with Crippen LogP contribution in [0.4, 0.5) is 0 Å². The highest BCUT2D eigenvalue weighted by atomic mass is 16.1. The van der Waals surface area contributed by atoms with Gasteiger partial charge in [-0.25, -0.2) is 0 Å². The van der Waals surface area contributed by atoms with Gasteiger partial charge in [0.05, 0.1) is 0 Å². The third kappa shape index (κ3) is 5.41. The molecule has 2 heterocycles. The van der Waals surface area contributed by atoms with Gasteiger partial charge in [0.25, 0.3) is 0 Å². The zero-order valence-corrected chi connectivity index (χ0v) is 13.0. The Kier molecular flexibility index (Phi) is 6.80. The smallest absolute Gasteiger partial charge is 0.220 e. The number of hydrogen-bond donors (Lipinski definition) is 2. The summed E-state index contributed by atoms with van der Waals surface area (Å²) in [6.45, 7) is 7.79. The quantitative estimate of drug-likeness (QED) is 0.780. The Morgan fingerprint density at radius 3 is 2.70 bits per heavy atom. The number of amides is 1. The normalized spacial score (nSPS) is 25.6. The Bertz CT molecular complexity index is 281. The summed E-state index contributed by atoms with van der Waals surface area (Å²) >= 11 is 0. The molecule has 1 amide bonds. The van der Waals surface area contributed by atoms with E-state index in [0.717, 1.165) is 26.1 Å². The van der Waals surface area contributed by atoms with E-state index in [-0.39, 0.29) is 5.91 Å². The monoisotopic (exact) mass is 281 g/mol. The van der Waals surface area contributed by atoms with Gasteiger partial charge < -0.3 is 15.5 Å². The zero-order chi connectivity index (χ0) is 14.2. The summed E-state index contributed by atoms with van der Waals surface area (Å²) in [6.07, 6.45) is 8.00. The van der Waals surface area contributed by atoms with Crippen molar-refractivity contribution in [2.24, 2.45) is 5.92 Å². The molecule has 2 saturated heterocycles. The van der Waals surface area contributed by atoms with Crippen molar-refractivity contribution in [2.45, 2.75) is 57.9 Å². The SMILES string of the molecule is CCN1CCC(CNC(=O)CCC2CCCCN2)CC1. The number of rotatable bonds is 6. The van der Waals surface area contributed by atoms with Crippen LogP contribution in [0.1, 0.15) is 51.9 Å². The molecule has 4 nitrogen and oxygen atoms in total. The van der Waals surface area contributed by atoms with Crippen LogP contribution in [0.25, 0.3) is 0 Å². The number of hydrogen-bond acceptors (Lipinski definition) is 3. The Morgan fingerprint density at radius 2 is 2.05 bits per heavy atom. The highest BCUT2D eigenvalue weighted by molar-refractivity contribution is 5.75. The first kappa shape index (κ1) is 15.8. The van der Waals surface area contributed by atoms with Gasteiger partial charge in [-0.1, -0.05) is 13.3 Å². The molecule has 2 N–H and O–H groups in total. The zero-order valence-electron chi connectivity index (χ0n) is 13.0. The molecular weight excluding hydrogens is 250 g/mol. The van der Waals surface area contributed by atoms with Crippen molar-refractivity contribution < 1.29 is 4.79 Å². The Morgan fingerprint density at radius 1 is 1.25 bits per heavy atom. The van der Waals surface area contributed by atoms with E-state index in [0.29, 0.717) is 18.4 Å². The lowest BCUT2D eigenvalue weighted by Crippen LogP contribution is -2.39. The molecule has 0 spiro atoms. The Hall–Kier alpha value is -0.610. The number of carbonyl (C=O) groups is 1. The van der Waals surface area contributed by atoms with Gasteiger partial charge in [-0.2, -0.15) is 0 Å². The molecule has 2 aliphatic heterocycles. The summed E-state index contributed by atoms with van der Waals surface area (Å²) in [5, 5.41) is 6.65. The standard InChI is InChI=1S/C16H31N3O/c1-2-19-11-8-14(9-12-19)13-18-16(20)7-6-15-5-3-4-10-17-15/h14-15,17H,2-13H2,1H3,(H,18,20). The van der Waals surface area contributed by atoms with Crippen LogP contribution < -0.4 is 10.6 Å². The van der Waals surface area contributed by atoms with E-state index in [9.17, 15) is 4.79 Å². The van der Waals surface area contributed by atoms with Gasteiger partial charge in [-0.3, -0.25) is 4.79 Å². The lowest BCUT2D eigenvalue weighted by molar-refractivity contribution is -0.121. The van der Waals surface area contributed by atoms with E-state index in [1.807, 2.05) is 0 Å². The Labute approximate surface area is 123 Å². The number of nitrogens with one attached hydrogen (secondary N) is 2. The topological polar surface area (TPSA) is 44.4 Å². The van der Waals surface area contributed by atoms with E-state index in [2.05, 4.69) is 22.5 Å². The van der Waals surface area contributed by atoms with Crippen molar-refractivity contribution in [1.29, 1.82) is 0 Å². The molecule has 116 valence electrons. The van der Waals surface area contributed by atoms with Gasteiger partial charge in [-0.15, -0.1) is 0 Å². The van der Waals surface area contributed by atoms with E-state index in [4.69, 9.17) is 0 Å². The fourth-order valence-electron chi connectivity index (χ4n) is 3.33. The predicted molar refractivity (Wildman–Crippen MR) is 82.7 cm³/mol. The van der Waals surface area contributed by atoms with Crippen molar-refractivity contribution in [3.05, 3.63) is 0 Å². The molecule has 1 atom stereocenters. The molecule has 0 aromatic carbocycles. The van der Waals surface area contributed by atoms with Crippen molar-refractivity contribution in [2.75, 3.05) is 32.7 Å². The highest BCUT2D eigenvalue weighted by Crippen LogP contribution is 2.16. The number of carbonyl (C=O) groups excluding carboxylic acids is 1. The summed E-state index contributed by atoms with van der Waals surface area (Å²) in [6, 6.07) is 0.572. The van der Waals surface area contributed by atoms with Crippen LogP contribution in [0.15, 0.2) is 0 Å².